The Labute approximate surface area is 77.4 Å². The van der Waals surface area contributed by atoms with Crippen LogP contribution in [0.2, 0.25) is 4.34 Å². The van der Waals surface area contributed by atoms with Gasteiger partial charge in [-0.2, -0.15) is 5.10 Å². The van der Waals surface area contributed by atoms with Gasteiger partial charge in [0.15, 0.2) is 5.82 Å². The number of thiophene rings is 1. The Balaban J connectivity index is 2.54. The summed E-state index contributed by atoms with van der Waals surface area (Å²) >= 11 is 7.08. The number of anilines is 1. The number of nitrogens with one attached hydrogen (secondary N) is 1. The minimum absolute atomic E-state index is 0.649. The van der Waals surface area contributed by atoms with Crippen LogP contribution in [-0.2, 0) is 0 Å². The average Bonchev–Trinajstić information content (AvgIpc) is 2.58. The van der Waals surface area contributed by atoms with Crippen molar-refractivity contribution in [1.82, 2.24) is 15.2 Å². The normalized spacial score (nSPS) is 10.4. The van der Waals surface area contributed by atoms with Gasteiger partial charge < -0.3 is 5.73 Å². The molecule has 0 aliphatic rings. The lowest BCUT2D eigenvalue weighted by molar-refractivity contribution is 1.10. The van der Waals surface area contributed by atoms with Crippen molar-refractivity contribution in [2.24, 2.45) is 0 Å². The van der Waals surface area contributed by atoms with Crippen molar-refractivity contribution in [3.63, 3.8) is 0 Å². The van der Waals surface area contributed by atoms with Crippen LogP contribution in [0.1, 0.15) is 0 Å². The molecule has 12 heavy (non-hydrogen) atoms. The first-order chi connectivity index (χ1) is 5.77. The van der Waals surface area contributed by atoms with Crippen molar-refractivity contribution in [3.8, 4) is 11.4 Å². The first-order valence-electron chi connectivity index (χ1n) is 3.18. The molecule has 62 valence electrons. The fourth-order valence-electron chi connectivity index (χ4n) is 0.894. The predicted octanol–water partition coefficient (Wildman–Crippen LogP) is 1.77. The highest BCUT2D eigenvalue weighted by Crippen LogP contribution is 2.34. The summed E-state index contributed by atoms with van der Waals surface area (Å²) in [5, 5.41) is 7.08. The van der Waals surface area contributed by atoms with Crippen LogP contribution in [0.5, 0.6) is 0 Å². The first-order valence-corrected chi connectivity index (χ1v) is 4.37. The number of halogens is 1. The molecule has 2 heterocycles. The molecule has 0 unspecified atom stereocenters. The molecule has 0 bridgehead atoms. The van der Waals surface area contributed by atoms with Gasteiger partial charge in [-0.25, -0.2) is 4.98 Å². The Morgan fingerprint density at radius 2 is 2.42 bits per heavy atom. The van der Waals surface area contributed by atoms with Gasteiger partial charge in [-0.05, 0) is 6.07 Å². The Morgan fingerprint density at radius 1 is 1.58 bits per heavy atom. The summed E-state index contributed by atoms with van der Waals surface area (Å²) in [6.45, 7) is 0. The van der Waals surface area contributed by atoms with Crippen LogP contribution in [-0.4, -0.2) is 15.2 Å². The molecular formula is C6H5ClN4S. The molecule has 0 saturated carbocycles. The van der Waals surface area contributed by atoms with Crippen molar-refractivity contribution >= 4 is 27.9 Å². The van der Waals surface area contributed by atoms with Crippen LogP contribution >= 0.6 is 22.9 Å². The zero-order valence-electron chi connectivity index (χ0n) is 5.91. The molecule has 0 saturated heterocycles. The fourth-order valence-corrected chi connectivity index (χ4v) is 1.91. The summed E-state index contributed by atoms with van der Waals surface area (Å²) in [5.41, 5.74) is 6.49. The SMILES string of the molecule is Nc1sc(Cl)cc1-c1ncn[nH]1. The standard InChI is InChI=1S/C6H5ClN4S/c7-4-1-3(5(8)12-4)6-9-2-10-11-6/h1-2H,8H2,(H,9,10,11). The molecule has 0 radical (unpaired) electrons. The molecule has 2 aromatic heterocycles. The minimum Gasteiger partial charge on any atom is -0.390 e. The number of aromatic nitrogens is 3. The average molecular weight is 201 g/mol. The molecule has 4 nitrogen and oxygen atoms in total. The van der Waals surface area contributed by atoms with Crippen LogP contribution < -0.4 is 5.73 Å². The van der Waals surface area contributed by atoms with Crippen molar-refractivity contribution in [2.45, 2.75) is 0 Å². The molecule has 0 fully saturated rings. The van der Waals surface area contributed by atoms with Gasteiger partial charge >= 0.3 is 0 Å². The van der Waals surface area contributed by atoms with Crippen LogP contribution in [0.3, 0.4) is 0 Å². The smallest absolute Gasteiger partial charge is 0.158 e. The van der Waals surface area contributed by atoms with Crippen molar-refractivity contribution in [1.29, 1.82) is 0 Å². The van der Waals surface area contributed by atoms with Gasteiger partial charge in [0.25, 0.3) is 0 Å². The maximum Gasteiger partial charge on any atom is 0.158 e. The van der Waals surface area contributed by atoms with Crippen LogP contribution in [0.15, 0.2) is 12.4 Å². The molecule has 3 N–H and O–H groups in total. The number of nitrogen functional groups attached to an aromatic ring is 1. The zero-order chi connectivity index (χ0) is 8.55. The number of hydrogen-bond acceptors (Lipinski definition) is 4. The van der Waals surface area contributed by atoms with E-state index in [1.54, 1.807) is 6.07 Å². The van der Waals surface area contributed by atoms with E-state index in [4.69, 9.17) is 17.3 Å². The molecule has 6 heteroatoms. The summed E-state index contributed by atoms with van der Waals surface area (Å²) in [4.78, 5) is 3.96. The van der Waals surface area contributed by atoms with E-state index in [1.807, 2.05) is 0 Å². The van der Waals surface area contributed by atoms with E-state index in [0.717, 1.165) is 5.56 Å². The summed E-state index contributed by atoms with van der Waals surface area (Å²) in [7, 11) is 0. The third-order valence-electron chi connectivity index (χ3n) is 1.40. The van der Waals surface area contributed by atoms with E-state index in [-0.39, 0.29) is 0 Å². The predicted molar refractivity (Wildman–Crippen MR) is 49.1 cm³/mol. The Kier molecular flexibility index (Phi) is 1.74. The number of nitrogens with zero attached hydrogens (tertiary/aromatic N) is 2. The zero-order valence-corrected chi connectivity index (χ0v) is 7.49. The monoisotopic (exact) mass is 200 g/mol. The molecule has 0 atom stereocenters. The Hall–Kier alpha value is -1.07. The highest BCUT2D eigenvalue weighted by Gasteiger charge is 2.08. The summed E-state index contributed by atoms with van der Waals surface area (Å²) < 4.78 is 0.652. The first kappa shape index (κ1) is 7.57. The summed E-state index contributed by atoms with van der Waals surface area (Å²) in [5.74, 6) is 0.649. The van der Waals surface area contributed by atoms with E-state index in [9.17, 15) is 0 Å². The second-order valence-corrected chi connectivity index (χ2v) is 3.88. The second-order valence-electron chi connectivity index (χ2n) is 2.16. The molecule has 0 aliphatic carbocycles. The van der Waals surface area contributed by atoms with Gasteiger partial charge in [-0.3, -0.25) is 5.10 Å². The summed E-state index contributed by atoms with van der Waals surface area (Å²) in [6, 6.07) is 1.77. The molecule has 0 aromatic carbocycles. The van der Waals surface area contributed by atoms with Crippen molar-refractivity contribution < 1.29 is 0 Å². The molecule has 2 rings (SSSR count). The summed E-state index contributed by atoms with van der Waals surface area (Å²) in [6.07, 6.45) is 1.43. The quantitative estimate of drug-likeness (QED) is 0.737. The number of nitrogens with two attached hydrogens (primary N) is 1. The van der Waals surface area contributed by atoms with E-state index < -0.39 is 0 Å². The fraction of sp³-hybridized carbons (Fsp3) is 0. The van der Waals surface area contributed by atoms with Gasteiger partial charge in [-0.1, -0.05) is 11.6 Å². The van der Waals surface area contributed by atoms with Gasteiger partial charge in [0.2, 0.25) is 0 Å². The maximum absolute atomic E-state index is 5.76. The van der Waals surface area contributed by atoms with Gasteiger partial charge in [0, 0.05) is 0 Å². The Morgan fingerprint density at radius 3 is 2.92 bits per heavy atom. The molecule has 0 aliphatic heterocycles. The van der Waals surface area contributed by atoms with Gasteiger partial charge in [0.1, 0.15) is 6.33 Å². The molecule has 0 spiro atoms. The second kappa shape index (κ2) is 2.76. The minimum atomic E-state index is 0.649. The van der Waals surface area contributed by atoms with Crippen molar-refractivity contribution in [3.05, 3.63) is 16.7 Å². The lowest BCUT2D eigenvalue weighted by Crippen LogP contribution is -1.84. The molecule has 0 amide bonds. The van der Waals surface area contributed by atoms with E-state index in [0.29, 0.717) is 15.2 Å². The maximum atomic E-state index is 5.76. The van der Waals surface area contributed by atoms with Crippen LogP contribution in [0.25, 0.3) is 11.4 Å². The lowest BCUT2D eigenvalue weighted by atomic mass is 10.3. The van der Waals surface area contributed by atoms with E-state index >= 15 is 0 Å². The Bertz CT molecular complexity index is 380. The molecule has 2 aromatic rings. The molecular weight excluding hydrogens is 196 g/mol. The van der Waals surface area contributed by atoms with E-state index in [1.165, 1.54) is 17.7 Å². The van der Waals surface area contributed by atoms with Crippen LogP contribution in [0, 0.1) is 0 Å². The topological polar surface area (TPSA) is 67.6 Å². The van der Waals surface area contributed by atoms with E-state index in [2.05, 4.69) is 15.2 Å². The number of rotatable bonds is 1. The highest BCUT2D eigenvalue weighted by atomic mass is 35.5. The van der Waals surface area contributed by atoms with Crippen molar-refractivity contribution in [2.75, 3.05) is 5.73 Å². The number of aromatic amines is 1. The third kappa shape index (κ3) is 1.17. The number of H-pyrrole nitrogens is 1. The van der Waals surface area contributed by atoms with Gasteiger partial charge in [-0.15, -0.1) is 11.3 Å². The number of hydrogen-bond donors (Lipinski definition) is 2. The van der Waals surface area contributed by atoms with Gasteiger partial charge in [0.05, 0.1) is 14.9 Å². The largest absolute Gasteiger partial charge is 0.390 e. The lowest BCUT2D eigenvalue weighted by Gasteiger charge is -1.90. The third-order valence-corrected chi connectivity index (χ3v) is 2.49. The highest BCUT2D eigenvalue weighted by molar-refractivity contribution is 7.20. The van der Waals surface area contributed by atoms with Crippen LogP contribution in [0.4, 0.5) is 5.00 Å².